The predicted molar refractivity (Wildman–Crippen MR) is 150 cm³/mol. The number of hydrogen-bond acceptors (Lipinski definition) is 6. The van der Waals surface area contributed by atoms with Gasteiger partial charge >= 0.3 is 0 Å². The molecule has 2 N–H and O–H groups in total. The molecule has 5 aromatic rings. The van der Waals surface area contributed by atoms with Gasteiger partial charge in [0.2, 0.25) is 0 Å². The lowest BCUT2D eigenvalue weighted by atomic mass is 10.1. The summed E-state index contributed by atoms with van der Waals surface area (Å²) < 4.78 is 1.54. The van der Waals surface area contributed by atoms with E-state index in [1.54, 1.807) is 66.7 Å². The van der Waals surface area contributed by atoms with E-state index in [9.17, 15) is 19.5 Å². The Labute approximate surface area is 227 Å². The number of carbonyl (C=O) groups excluding carboxylic acids is 2. The summed E-state index contributed by atoms with van der Waals surface area (Å²) in [5.74, 6) is -0.0264. The molecule has 9 heteroatoms. The number of aromatic nitrogens is 2. The van der Waals surface area contributed by atoms with Gasteiger partial charge in [-0.05, 0) is 42.5 Å². The molecule has 1 aromatic heterocycles. The number of amides is 2. The molecule has 0 radical (unpaired) electrons. The Hall–Kier alpha value is -4.89. The number of para-hydroxylation sites is 2. The van der Waals surface area contributed by atoms with Crippen LogP contribution in [0.1, 0.15) is 21.3 Å². The fourth-order valence-electron chi connectivity index (χ4n) is 4.56. The standard InChI is InChI=1S/C30H22N4O4S/c35-25-13-7-5-11-23(25)30-34(26(36)18-39-30)32-28(37)20-14-16-21(17-15-20)33-27(19-8-2-1-3-9-19)31-24-12-6-4-10-22(24)29(33)38/h1-17,30,35H,18H2,(H,32,37). The molecule has 1 atom stereocenters. The quantitative estimate of drug-likeness (QED) is 0.339. The maximum absolute atomic E-state index is 13.6. The molecule has 6 rings (SSSR count). The molecule has 0 aliphatic carbocycles. The fraction of sp³-hybridized carbons (Fsp3) is 0.0667. The molecule has 1 unspecified atom stereocenters. The molecule has 1 fully saturated rings. The summed E-state index contributed by atoms with van der Waals surface area (Å²) >= 11 is 1.32. The van der Waals surface area contributed by atoms with E-state index in [-0.39, 0.29) is 23.0 Å². The van der Waals surface area contributed by atoms with E-state index in [1.165, 1.54) is 21.3 Å². The maximum Gasteiger partial charge on any atom is 0.269 e. The van der Waals surface area contributed by atoms with E-state index in [0.717, 1.165) is 5.56 Å². The van der Waals surface area contributed by atoms with Gasteiger partial charge in [0.05, 0.1) is 22.3 Å². The number of fused-ring (bicyclic) bond motifs is 1. The molecule has 1 saturated heterocycles. The van der Waals surface area contributed by atoms with Crippen molar-refractivity contribution in [3.8, 4) is 22.8 Å². The Morgan fingerprint density at radius 1 is 0.872 bits per heavy atom. The first-order valence-corrected chi connectivity index (χ1v) is 13.3. The van der Waals surface area contributed by atoms with Gasteiger partial charge in [0.1, 0.15) is 16.9 Å². The molecular formula is C30H22N4O4S. The van der Waals surface area contributed by atoms with Gasteiger partial charge in [0, 0.05) is 16.7 Å². The summed E-state index contributed by atoms with van der Waals surface area (Å²) in [5, 5.41) is 11.5. The number of rotatable bonds is 5. The lowest BCUT2D eigenvalue weighted by Crippen LogP contribution is -2.44. The highest BCUT2D eigenvalue weighted by molar-refractivity contribution is 8.00. The molecule has 1 aliphatic rings. The lowest BCUT2D eigenvalue weighted by molar-refractivity contribution is -0.130. The van der Waals surface area contributed by atoms with Gasteiger partial charge in [-0.25, -0.2) is 9.99 Å². The number of phenolic OH excluding ortho intramolecular Hbond substituents is 1. The number of carbonyl (C=O) groups is 2. The Morgan fingerprint density at radius 3 is 2.33 bits per heavy atom. The first-order chi connectivity index (χ1) is 19.0. The van der Waals surface area contributed by atoms with Crippen molar-refractivity contribution in [1.29, 1.82) is 0 Å². The van der Waals surface area contributed by atoms with E-state index >= 15 is 0 Å². The average Bonchev–Trinajstić information content (AvgIpc) is 3.33. The Morgan fingerprint density at radius 2 is 1.56 bits per heavy atom. The molecule has 2 heterocycles. The molecule has 2 amide bonds. The zero-order valence-electron chi connectivity index (χ0n) is 20.5. The molecule has 4 aromatic carbocycles. The van der Waals surface area contributed by atoms with Gasteiger partial charge in [-0.1, -0.05) is 60.7 Å². The number of nitrogens with zero attached hydrogens (tertiary/aromatic N) is 3. The largest absolute Gasteiger partial charge is 0.508 e. The Balaban J connectivity index is 1.33. The molecule has 1 aliphatic heterocycles. The Kier molecular flexibility index (Phi) is 6.34. The number of aromatic hydroxyl groups is 1. The van der Waals surface area contributed by atoms with Crippen LogP contribution in [0.5, 0.6) is 5.75 Å². The minimum atomic E-state index is -0.544. The van der Waals surface area contributed by atoms with Crippen LogP contribution in [0, 0.1) is 0 Å². The monoisotopic (exact) mass is 534 g/mol. The maximum atomic E-state index is 13.6. The predicted octanol–water partition coefficient (Wildman–Crippen LogP) is 4.68. The first-order valence-electron chi connectivity index (χ1n) is 12.2. The van der Waals surface area contributed by atoms with Crippen molar-refractivity contribution in [2.45, 2.75) is 5.37 Å². The molecular weight excluding hydrogens is 512 g/mol. The second-order valence-corrected chi connectivity index (χ2v) is 10.0. The van der Waals surface area contributed by atoms with Crippen molar-refractivity contribution in [3.05, 3.63) is 125 Å². The highest BCUT2D eigenvalue weighted by Gasteiger charge is 2.35. The van der Waals surface area contributed by atoms with Crippen LogP contribution in [0.2, 0.25) is 0 Å². The third-order valence-corrected chi connectivity index (χ3v) is 7.68. The van der Waals surface area contributed by atoms with Crippen molar-refractivity contribution in [2.75, 3.05) is 5.75 Å². The highest BCUT2D eigenvalue weighted by Crippen LogP contribution is 2.40. The van der Waals surface area contributed by atoms with Crippen molar-refractivity contribution < 1.29 is 14.7 Å². The van der Waals surface area contributed by atoms with Gasteiger partial charge < -0.3 is 5.11 Å². The fourth-order valence-corrected chi connectivity index (χ4v) is 5.70. The summed E-state index contributed by atoms with van der Waals surface area (Å²) in [6, 6.07) is 29.9. The number of phenols is 1. The Bertz CT molecular complexity index is 1770. The van der Waals surface area contributed by atoms with Crippen molar-refractivity contribution in [2.24, 2.45) is 0 Å². The van der Waals surface area contributed by atoms with E-state index in [0.29, 0.717) is 33.5 Å². The van der Waals surface area contributed by atoms with Gasteiger partial charge in [-0.3, -0.25) is 24.4 Å². The SMILES string of the molecule is O=C(NN1C(=O)CSC1c1ccccc1O)c1ccc(-n2c(-c3ccccc3)nc3ccccc3c2=O)cc1. The lowest BCUT2D eigenvalue weighted by Gasteiger charge is -2.25. The second-order valence-electron chi connectivity index (χ2n) is 8.93. The third kappa shape index (κ3) is 4.53. The van der Waals surface area contributed by atoms with E-state index in [1.807, 2.05) is 36.4 Å². The van der Waals surface area contributed by atoms with Crippen LogP contribution in [0.3, 0.4) is 0 Å². The number of nitrogens with one attached hydrogen (secondary N) is 1. The number of benzene rings is 4. The zero-order valence-corrected chi connectivity index (χ0v) is 21.3. The van der Waals surface area contributed by atoms with E-state index < -0.39 is 11.3 Å². The molecule has 8 nitrogen and oxygen atoms in total. The smallest absolute Gasteiger partial charge is 0.269 e. The number of hydrazine groups is 1. The summed E-state index contributed by atoms with van der Waals surface area (Å²) in [7, 11) is 0. The van der Waals surface area contributed by atoms with Gasteiger partial charge in [0.25, 0.3) is 17.4 Å². The van der Waals surface area contributed by atoms with Gasteiger partial charge in [-0.15, -0.1) is 11.8 Å². The summed E-state index contributed by atoms with van der Waals surface area (Å²) in [6.45, 7) is 0. The minimum Gasteiger partial charge on any atom is -0.508 e. The normalized spacial score (nSPS) is 15.0. The topological polar surface area (TPSA) is 105 Å². The van der Waals surface area contributed by atoms with Crippen molar-refractivity contribution >= 4 is 34.5 Å². The summed E-state index contributed by atoms with van der Waals surface area (Å²) in [6.07, 6.45) is 0. The number of hydrogen-bond donors (Lipinski definition) is 2. The van der Waals surface area contributed by atoms with Crippen LogP contribution in [-0.2, 0) is 4.79 Å². The zero-order chi connectivity index (χ0) is 26.9. The van der Waals surface area contributed by atoms with Crippen LogP contribution in [0.25, 0.3) is 28.0 Å². The average molecular weight is 535 g/mol. The molecule has 0 spiro atoms. The van der Waals surface area contributed by atoms with Crippen molar-refractivity contribution in [1.82, 2.24) is 20.0 Å². The molecule has 192 valence electrons. The molecule has 0 bridgehead atoms. The minimum absolute atomic E-state index is 0.0527. The van der Waals surface area contributed by atoms with Gasteiger partial charge in [0.15, 0.2) is 0 Å². The number of thioether (sulfide) groups is 1. The highest BCUT2D eigenvalue weighted by atomic mass is 32.2. The van der Waals surface area contributed by atoms with Crippen LogP contribution in [-0.4, -0.2) is 37.2 Å². The van der Waals surface area contributed by atoms with E-state index in [4.69, 9.17) is 4.98 Å². The third-order valence-electron chi connectivity index (χ3n) is 6.49. The second kappa shape index (κ2) is 10.1. The molecule has 39 heavy (non-hydrogen) atoms. The molecule has 0 saturated carbocycles. The van der Waals surface area contributed by atoms with Gasteiger partial charge in [-0.2, -0.15) is 0 Å². The first kappa shape index (κ1) is 24.4. The van der Waals surface area contributed by atoms with Crippen LogP contribution >= 0.6 is 11.8 Å². The van der Waals surface area contributed by atoms with Crippen LogP contribution in [0.4, 0.5) is 0 Å². The van der Waals surface area contributed by atoms with E-state index in [2.05, 4.69) is 5.43 Å². The summed E-state index contributed by atoms with van der Waals surface area (Å²) in [5.41, 5.74) is 5.24. The van der Waals surface area contributed by atoms with Crippen LogP contribution < -0.4 is 11.0 Å². The van der Waals surface area contributed by atoms with Crippen molar-refractivity contribution in [3.63, 3.8) is 0 Å². The summed E-state index contributed by atoms with van der Waals surface area (Å²) in [4.78, 5) is 44.0. The van der Waals surface area contributed by atoms with Crippen LogP contribution in [0.15, 0.2) is 108 Å².